The molecule has 0 saturated heterocycles. The summed E-state index contributed by atoms with van der Waals surface area (Å²) in [4.78, 5) is 8.06. The molecule has 0 bridgehead atoms. The molecule has 1 aliphatic rings. The van der Waals surface area contributed by atoms with Gasteiger partial charge in [0, 0.05) is 28.3 Å². The van der Waals surface area contributed by atoms with Gasteiger partial charge in [-0.05, 0) is 58.4 Å². The Balaban J connectivity index is 2.16. The van der Waals surface area contributed by atoms with Gasteiger partial charge in [0.2, 0.25) is 0 Å². The molecule has 3 nitrogen and oxygen atoms in total. The van der Waals surface area contributed by atoms with Gasteiger partial charge in [0.25, 0.3) is 0 Å². The van der Waals surface area contributed by atoms with Gasteiger partial charge < -0.3 is 10.3 Å². The lowest BCUT2D eigenvalue weighted by molar-refractivity contribution is 0.648. The maximum atomic E-state index is 4.52. The maximum Gasteiger partial charge on any atom is 0.138 e. The number of pyridine rings is 1. The number of halogens is 1. The number of rotatable bonds is 3. The van der Waals surface area contributed by atoms with Crippen LogP contribution in [0.2, 0.25) is 0 Å². The van der Waals surface area contributed by atoms with Crippen LogP contribution in [0.3, 0.4) is 0 Å². The molecule has 3 heterocycles. The van der Waals surface area contributed by atoms with E-state index < -0.39 is 0 Å². The third-order valence-electron chi connectivity index (χ3n) is 3.72. The highest BCUT2D eigenvalue weighted by atomic mass is 79.9. The first-order chi connectivity index (χ1) is 9.65. The molecule has 0 aliphatic carbocycles. The molecule has 1 aliphatic heterocycles. The Kier molecular flexibility index (Phi) is 3.94. The lowest BCUT2D eigenvalue weighted by Crippen LogP contribution is -2.20. The van der Waals surface area contributed by atoms with Crippen molar-refractivity contribution in [2.75, 3.05) is 13.1 Å². The van der Waals surface area contributed by atoms with Gasteiger partial charge in [0.15, 0.2) is 0 Å². The minimum Gasteiger partial charge on any atom is -0.339 e. The summed E-state index contributed by atoms with van der Waals surface area (Å²) in [6.45, 7) is 6.55. The fraction of sp³-hybridized carbons (Fsp3) is 0.438. The fourth-order valence-corrected chi connectivity index (χ4v) is 3.17. The highest BCUT2D eigenvalue weighted by Crippen LogP contribution is 2.31. The van der Waals surface area contributed by atoms with Gasteiger partial charge in [0.05, 0.1) is 0 Å². The lowest BCUT2D eigenvalue weighted by Gasteiger charge is -2.15. The maximum absolute atomic E-state index is 4.52. The van der Waals surface area contributed by atoms with Crippen LogP contribution >= 0.6 is 15.9 Å². The van der Waals surface area contributed by atoms with E-state index in [1.54, 1.807) is 0 Å². The van der Waals surface area contributed by atoms with Crippen LogP contribution in [-0.4, -0.2) is 23.1 Å². The van der Waals surface area contributed by atoms with E-state index in [0.717, 1.165) is 36.1 Å². The van der Waals surface area contributed by atoms with E-state index in [1.807, 2.05) is 6.20 Å². The molecular weight excluding hydrogens is 314 g/mol. The van der Waals surface area contributed by atoms with Gasteiger partial charge in [-0.15, -0.1) is 0 Å². The highest BCUT2D eigenvalue weighted by molar-refractivity contribution is 9.10. The fourth-order valence-electron chi connectivity index (χ4n) is 2.84. The number of nitrogens with one attached hydrogen (secondary N) is 2. The van der Waals surface area contributed by atoms with Crippen molar-refractivity contribution in [1.82, 2.24) is 15.3 Å². The van der Waals surface area contributed by atoms with Gasteiger partial charge in [-0.3, -0.25) is 0 Å². The molecule has 20 heavy (non-hydrogen) atoms. The van der Waals surface area contributed by atoms with E-state index in [1.165, 1.54) is 22.2 Å². The molecule has 0 saturated carbocycles. The second-order valence-electron chi connectivity index (χ2n) is 5.81. The van der Waals surface area contributed by atoms with Crippen LogP contribution in [0, 0.1) is 5.92 Å². The summed E-state index contributed by atoms with van der Waals surface area (Å²) < 4.78 is 1.04. The van der Waals surface area contributed by atoms with Crippen molar-refractivity contribution in [3.63, 3.8) is 0 Å². The number of aromatic nitrogens is 2. The summed E-state index contributed by atoms with van der Waals surface area (Å²) in [5.74, 6) is 0.633. The Labute approximate surface area is 128 Å². The third kappa shape index (κ3) is 2.67. The molecule has 0 unspecified atom stereocenters. The summed E-state index contributed by atoms with van der Waals surface area (Å²) in [5, 5.41) is 4.63. The van der Waals surface area contributed by atoms with Crippen LogP contribution in [0.25, 0.3) is 16.6 Å². The van der Waals surface area contributed by atoms with E-state index in [4.69, 9.17) is 0 Å². The first kappa shape index (κ1) is 13.8. The number of hydrogen-bond donors (Lipinski definition) is 2. The molecule has 2 aromatic heterocycles. The zero-order chi connectivity index (χ0) is 14.1. The number of hydrogen-bond acceptors (Lipinski definition) is 2. The summed E-state index contributed by atoms with van der Waals surface area (Å²) in [7, 11) is 0. The van der Waals surface area contributed by atoms with Crippen molar-refractivity contribution in [2.45, 2.75) is 26.7 Å². The van der Waals surface area contributed by atoms with E-state index in [9.17, 15) is 0 Å². The molecule has 0 amide bonds. The number of aromatic amines is 1. The summed E-state index contributed by atoms with van der Waals surface area (Å²) in [6.07, 6.45) is 6.32. The summed E-state index contributed by atoms with van der Waals surface area (Å²) in [5.41, 5.74) is 5.13. The highest BCUT2D eigenvalue weighted by Gasteiger charge is 2.17. The number of H-pyrrole nitrogens is 1. The SMILES string of the molecule is CC(C)Cc1c(C2=CCNCC2)[nH]c2ncc(Br)cc12. The molecule has 0 spiro atoms. The minimum absolute atomic E-state index is 0.633. The molecule has 0 atom stereocenters. The second kappa shape index (κ2) is 5.70. The van der Waals surface area contributed by atoms with Gasteiger partial charge in [-0.2, -0.15) is 0 Å². The van der Waals surface area contributed by atoms with Crippen molar-refractivity contribution < 1.29 is 0 Å². The van der Waals surface area contributed by atoms with E-state index >= 15 is 0 Å². The first-order valence-corrected chi connectivity index (χ1v) is 8.00. The average Bonchev–Trinajstić information content (AvgIpc) is 2.77. The Hall–Kier alpha value is -1.13. The Morgan fingerprint density at radius 3 is 2.95 bits per heavy atom. The van der Waals surface area contributed by atoms with Gasteiger partial charge in [-0.1, -0.05) is 19.9 Å². The monoisotopic (exact) mass is 333 g/mol. The summed E-state index contributed by atoms with van der Waals surface area (Å²) in [6, 6.07) is 2.18. The van der Waals surface area contributed by atoms with Crippen molar-refractivity contribution in [3.05, 3.63) is 34.1 Å². The Bertz CT molecular complexity index is 655. The Morgan fingerprint density at radius 2 is 2.25 bits per heavy atom. The molecule has 0 fully saturated rings. The quantitative estimate of drug-likeness (QED) is 0.894. The molecule has 0 aromatic carbocycles. The normalized spacial score (nSPS) is 15.9. The number of nitrogens with zero attached hydrogens (tertiary/aromatic N) is 1. The standard InChI is InChI=1S/C16H20BrN3/c1-10(2)7-13-14-8-12(17)9-19-16(14)20-15(13)11-3-5-18-6-4-11/h3,8-10,18H,4-7H2,1-2H3,(H,19,20). The molecule has 2 aromatic rings. The zero-order valence-corrected chi connectivity index (χ0v) is 13.5. The largest absolute Gasteiger partial charge is 0.339 e. The van der Waals surface area contributed by atoms with E-state index in [0.29, 0.717) is 5.92 Å². The Morgan fingerprint density at radius 1 is 1.40 bits per heavy atom. The van der Waals surface area contributed by atoms with Gasteiger partial charge in [0.1, 0.15) is 5.65 Å². The second-order valence-corrected chi connectivity index (χ2v) is 6.73. The predicted molar refractivity (Wildman–Crippen MR) is 87.8 cm³/mol. The third-order valence-corrected chi connectivity index (χ3v) is 4.16. The molecule has 3 rings (SSSR count). The van der Waals surface area contributed by atoms with Crippen LogP contribution in [0.4, 0.5) is 0 Å². The average molecular weight is 334 g/mol. The minimum atomic E-state index is 0.633. The first-order valence-electron chi connectivity index (χ1n) is 7.21. The van der Waals surface area contributed by atoms with E-state index in [-0.39, 0.29) is 0 Å². The van der Waals surface area contributed by atoms with E-state index in [2.05, 4.69) is 57.2 Å². The van der Waals surface area contributed by atoms with Crippen LogP contribution in [0.1, 0.15) is 31.5 Å². The molecule has 106 valence electrons. The van der Waals surface area contributed by atoms with Crippen LogP contribution in [0.5, 0.6) is 0 Å². The molecular formula is C16H20BrN3. The van der Waals surface area contributed by atoms with Crippen molar-refractivity contribution in [2.24, 2.45) is 5.92 Å². The number of fused-ring (bicyclic) bond motifs is 1. The zero-order valence-electron chi connectivity index (χ0n) is 12.0. The predicted octanol–water partition coefficient (Wildman–Crippen LogP) is 3.90. The topological polar surface area (TPSA) is 40.7 Å². The van der Waals surface area contributed by atoms with Gasteiger partial charge >= 0.3 is 0 Å². The lowest BCUT2D eigenvalue weighted by atomic mass is 9.95. The van der Waals surface area contributed by atoms with Crippen molar-refractivity contribution in [1.29, 1.82) is 0 Å². The van der Waals surface area contributed by atoms with Crippen molar-refractivity contribution >= 4 is 32.5 Å². The van der Waals surface area contributed by atoms with Crippen LogP contribution < -0.4 is 5.32 Å². The van der Waals surface area contributed by atoms with Crippen LogP contribution in [0.15, 0.2) is 22.8 Å². The smallest absolute Gasteiger partial charge is 0.138 e. The molecule has 2 N–H and O–H groups in total. The summed E-state index contributed by atoms with van der Waals surface area (Å²) >= 11 is 3.54. The molecule has 4 heteroatoms. The van der Waals surface area contributed by atoms with Crippen molar-refractivity contribution in [3.8, 4) is 0 Å². The van der Waals surface area contributed by atoms with Crippen LogP contribution in [-0.2, 0) is 6.42 Å². The molecule has 0 radical (unpaired) electrons. The van der Waals surface area contributed by atoms with Gasteiger partial charge in [-0.25, -0.2) is 4.98 Å².